The summed E-state index contributed by atoms with van der Waals surface area (Å²) in [5, 5.41) is 0. The van der Waals surface area contributed by atoms with Gasteiger partial charge >= 0.3 is 0 Å². The van der Waals surface area contributed by atoms with E-state index in [-0.39, 0.29) is 11.9 Å². The number of carbonyl (C=O) groups excluding carboxylic acids is 1. The first-order chi connectivity index (χ1) is 12.1. The highest BCUT2D eigenvalue weighted by Crippen LogP contribution is 2.30. The fraction of sp³-hybridized carbons (Fsp3) is 0.250. The average Bonchev–Trinajstić information content (AvgIpc) is 2.96. The minimum absolute atomic E-state index is 0.0442. The Bertz CT molecular complexity index is 893. The van der Waals surface area contributed by atoms with Crippen molar-refractivity contribution in [2.75, 3.05) is 13.1 Å². The number of aromatic nitrogens is 3. The zero-order chi connectivity index (χ0) is 17.4. The van der Waals surface area contributed by atoms with E-state index in [0.717, 1.165) is 22.8 Å². The van der Waals surface area contributed by atoms with Gasteiger partial charge in [0.2, 0.25) is 0 Å². The third kappa shape index (κ3) is 2.82. The first-order valence-corrected chi connectivity index (χ1v) is 8.44. The van der Waals surface area contributed by atoms with E-state index in [1.807, 2.05) is 48.4 Å². The first kappa shape index (κ1) is 15.6. The molecule has 1 aromatic carbocycles. The molecule has 1 fully saturated rings. The molecule has 5 heteroatoms. The van der Waals surface area contributed by atoms with Crippen molar-refractivity contribution in [2.24, 2.45) is 0 Å². The number of imidazole rings is 1. The normalized spacial score (nSPS) is 14.4. The summed E-state index contributed by atoms with van der Waals surface area (Å²) >= 11 is 0. The fourth-order valence-electron chi connectivity index (χ4n) is 3.27. The molecular weight excluding hydrogens is 312 g/mol. The van der Waals surface area contributed by atoms with E-state index < -0.39 is 0 Å². The van der Waals surface area contributed by atoms with Gasteiger partial charge in [-0.3, -0.25) is 9.78 Å². The maximum absolute atomic E-state index is 12.6. The van der Waals surface area contributed by atoms with Crippen LogP contribution in [0.3, 0.4) is 0 Å². The molecule has 1 saturated heterocycles. The van der Waals surface area contributed by atoms with E-state index in [4.69, 9.17) is 0 Å². The summed E-state index contributed by atoms with van der Waals surface area (Å²) in [6.07, 6.45) is 3.56. The molecule has 0 spiro atoms. The Morgan fingerprint density at radius 1 is 1.00 bits per heavy atom. The van der Waals surface area contributed by atoms with Crippen molar-refractivity contribution in [3.05, 3.63) is 71.8 Å². The van der Waals surface area contributed by atoms with E-state index in [9.17, 15) is 4.79 Å². The van der Waals surface area contributed by atoms with Crippen LogP contribution in [-0.2, 0) is 0 Å². The van der Waals surface area contributed by atoms with Gasteiger partial charge in [-0.25, -0.2) is 4.98 Å². The molecule has 25 heavy (non-hydrogen) atoms. The van der Waals surface area contributed by atoms with Gasteiger partial charge in [0.15, 0.2) is 0 Å². The number of rotatable bonds is 3. The van der Waals surface area contributed by atoms with Gasteiger partial charge in [-0.15, -0.1) is 0 Å². The molecule has 0 atom stereocenters. The van der Waals surface area contributed by atoms with Gasteiger partial charge in [-0.05, 0) is 26.0 Å². The predicted molar refractivity (Wildman–Crippen MR) is 96.3 cm³/mol. The van der Waals surface area contributed by atoms with Crippen molar-refractivity contribution >= 4 is 5.91 Å². The molecule has 0 N–H and O–H groups in total. The number of aryl methyl sites for hydroxylation is 2. The Kier molecular flexibility index (Phi) is 3.84. The molecule has 1 aliphatic heterocycles. The topological polar surface area (TPSA) is 51.0 Å². The van der Waals surface area contributed by atoms with E-state index in [2.05, 4.69) is 33.6 Å². The van der Waals surface area contributed by atoms with Crippen LogP contribution in [0.2, 0.25) is 0 Å². The second kappa shape index (κ2) is 6.16. The lowest BCUT2D eigenvalue weighted by Crippen LogP contribution is -2.51. The number of hydrogen-bond acceptors (Lipinski definition) is 3. The number of nitrogens with zero attached hydrogens (tertiary/aromatic N) is 4. The highest BCUT2D eigenvalue weighted by Gasteiger charge is 2.34. The summed E-state index contributed by atoms with van der Waals surface area (Å²) in [6.45, 7) is 5.38. The van der Waals surface area contributed by atoms with E-state index >= 15 is 0 Å². The Labute approximate surface area is 147 Å². The van der Waals surface area contributed by atoms with Crippen LogP contribution in [0.15, 0.2) is 54.9 Å². The van der Waals surface area contributed by atoms with Gasteiger partial charge in [-0.2, -0.15) is 0 Å². The minimum Gasteiger partial charge on any atom is -0.334 e. The van der Waals surface area contributed by atoms with Crippen molar-refractivity contribution in [1.82, 2.24) is 19.4 Å². The molecule has 126 valence electrons. The van der Waals surface area contributed by atoms with Crippen LogP contribution in [0.25, 0.3) is 11.4 Å². The third-order valence-electron chi connectivity index (χ3n) is 4.69. The summed E-state index contributed by atoms with van der Waals surface area (Å²) in [7, 11) is 0. The molecule has 3 heterocycles. The highest BCUT2D eigenvalue weighted by molar-refractivity contribution is 5.94. The van der Waals surface area contributed by atoms with Gasteiger partial charge in [0, 0.05) is 42.4 Å². The first-order valence-electron chi connectivity index (χ1n) is 8.44. The summed E-state index contributed by atoms with van der Waals surface area (Å²) < 4.78 is 2.24. The van der Waals surface area contributed by atoms with Crippen LogP contribution in [0.5, 0.6) is 0 Å². The SMILES string of the molecule is Cc1ccc(C(=O)N2CC(n3c(C)cnc3-c3ccccc3)C2)cn1. The van der Waals surface area contributed by atoms with Gasteiger partial charge in [0.05, 0.1) is 11.6 Å². The van der Waals surface area contributed by atoms with Crippen LogP contribution in [0.1, 0.15) is 27.8 Å². The number of carbonyl (C=O) groups is 1. The highest BCUT2D eigenvalue weighted by atomic mass is 16.2. The Hall–Kier alpha value is -2.95. The number of likely N-dealkylation sites (tertiary alicyclic amines) is 1. The lowest BCUT2D eigenvalue weighted by atomic mass is 10.1. The summed E-state index contributed by atoms with van der Waals surface area (Å²) in [4.78, 5) is 23.2. The maximum Gasteiger partial charge on any atom is 0.255 e. The van der Waals surface area contributed by atoms with Crippen LogP contribution in [-0.4, -0.2) is 38.4 Å². The van der Waals surface area contributed by atoms with Gasteiger partial charge in [0.1, 0.15) is 5.82 Å². The van der Waals surface area contributed by atoms with Crippen molar-refractivity contribution < 1.29 is 4.79 Å². The second-order valence-corrected chi connectivity index (χ2v) is 6.51. The number of benzene rings is 1. The van der Waals surface area contributed by atoms with Crippen molar-refractivity contribution in [3.8, 4) is 11.4 Å². The van der Waals surface area contributed by atoms with Crippen molar-refractivity contribution in [1.29, 1.82) is 0 Å². The van der Waals surface area contributed by atoms with Gasteiger partial charge in [-0.1, -0.05) is 30.3 Å². The van der Waals surface area contributed by atoms with Crippen molar-refractivity contribution in [3.63, 3.8) is 0 Å². The quantitative estimate of drug-likeness (QED) is 0.740. The third-order valence-corrected chi connectivity index (χ3v) is 4.69. The second-order valence-electron chi connectivity index (χ2n) is 6.51. The molecule has 0 radical (unpaired) electrons. The standard InChI is InChI=1S/C20H20N4O/c1-14-8-9-17(11-21-14)20(25)23-12-18(13-23)24-15(2)10-22-19(24)16-6-4-3-5-7-16/h3-11,18H,12-13H2,1-2H3. The molecule has 0 unspecified atom stereocenters. The monoisotopic (exact) mass is 332 g/mol. The molecule has 3 aromatic rings. The minimum atomic E-state index is 0.0442. The Morgan fingerprint density at radius 3 is 2.44 bits per heavy atom. The molecule has 2 aromatic heterocycles. The number of pyridine rings is 1. The molecule has 1 aliphatic rings. The van der Waals surface area contributed by atoms with Crippen LogP contribution < -0.4 is 0 Å². The lowest BCUT2D eigenvalue weighted by Gasteiger charge is -2.41. The largest absolute Gasteiger partial charge is 0.334 e. The van der Waals surface area contributed by atoms with E-state index in [0.29, 0.717) is 18.7 Å². The summed E-state index contributed by atoms with van der Waals surface area (Å²) in [5.74, 6) is 1.01. The van der Waals surface area contributed by atoms with Crippen molar-refractivity contribution in [2.45, 2.75) is 19.9 Å². The van der Waals surface area contributed by atoms with Gasteiger partial charge < -0.3 is 9.47 Å². The van der Waals surface area contributed by atoms with Gasteiger partial charge in [0.25, 0.3) is 5.91 Å². The van der Waals surface area contributed by atoms with Crippen LogP contribution >= 0.6 is 0 Å². The molecule has 0 bridgehead atoms. The number of amides is 1. The van der Waals surface area contributed by atoms with E-state index in [1.165, 1.54) is 0 Å². The zero-order valence-electron chi connectivity index (χ0n) is 14.4. The summed E-state index contributed by atoms with van der Waals surface area (Å²) in [5.41, 5.74) is 3.78. The Morgan fingerprint density at radius 2 is 1.76 bits per heavy atom. The zero-order valence-corrected chi connectivity index (χ0v) is 14.4. The molecule has 0 aliphatic carbocycles. The maximum atomic E-state index is 12.6. The molecular formula is C20H20N4O. The molecule has 5 nitrogen and oxygen atoms in total. The predicted octanol–water partition coefficient (Wildman–Crippen LogP) is 3.26. The van der Waals surface area contributed by atoms with Crippen LogP contribution in [0, 0.1) is 13.8 Å². The Balaban J connectivity index is 1.52. The number of hydrogen-bond donors (Lipinski definition) is 0. The molecule has 4 rings (SSSR count). The fourth-order valence-corrected chi connectivity index (χ4v) is 3.27. The average molecular weight is 332 g/mol. The lowest BCUT2D eigenvalue weighted by molar-refractivity contribution is 0.0519. The smallest absolute Gasteiger partial charge is 0.255 e. The van der Waals surface area contributed by atoms with Crippen LogP contribution in [0.4, 0.5) is 0 Å². The molecule has 0 saturated carbocycles. The van der Waals surface area contributed by atoms with E-state index in [1.54, 1.807) is 6.20 Å². The molecule has 1 amide bonds. The summed E-state index contributed by atoms with van der Waals surface area (Å²) in [6, 6.07) is 14.2.